The lowest BCUT2D eigenvalue weighted by molar-refractivity contribution is -0.124. The maximum absolute atomic E-state index is 12.0. The molecule has 0 spiro atoms. The van der Waals surface area contributed by atoms with Crippen molar-refractivity contribution in [2.24, 2.45) is 0 Å². The van der Waals surface area contributed by atoms with E-state index in [1.807, 2.05) is 30.1 Å². The van der Waals surface area contributed by atoms with Crippen molar-refractivity contribution >= 4 is 22.8 Å². The molecule has 0 saturated heterocycles. The highest BCUT2D eigenvalue weighted by molar-refractivity contribution is 5.93. The number of rotatable bonds is 4. The molecule has 8 heteroatoms. The summed E-state index contributed by atoms with van der Waals surface area (Å²) in [5, 5.41) is 8.57. The lowest BCUT2D eigenvalue weighted by Crippen LogP contribution is -2.48. The second kappa shape index (κ2) is 5.87. The molecule has 0 aromatic carbocycles. The van der Waals surface area contributed by atoms with E-state index in [2.05, 4.69) is 25.4 Å². The van der Waals surface area contributed by atoms with Crippen LogP contribution in [0.2, 0.25) is 0 Å². The highest BCUT2D eigenvalue weighted by atomic mass is 16.1. The molecule has 1 amide bonds. The Hall–Kier alpha value is -2.90. The number of nitrogens with one attached hydrogen (secondary N) is 2. The molecule has 3 aromatic heterocycles. The molecule has 3 aromatic rings. The third-order valence-electron chi connectivity index (χ3n) is 4.91. The van der Waals surface area contributed by atoms with Gasteiger partial charge in [0, 0.05) is 24.2 Å². The molecule has 1 aliphatic rings. The molecule has 0 radical (unpaired) electrons. The third kappa shape index (κ3) is 2.54. The van der Waals surface area contributed by atoms with Gasteiger partial charge in [-0.25, -0.2) is 14.6 Å². The highest BCUT2D eigenvalue weighted by Gasteiger charge is 2.38. The first kappa shape index (κ1) is 15.6. The molecule has 25 heavy (non-hydrogen) atoms. The van der Waals surface area contributed by atoms with Gasteiger partial charge in [-0.05, 0) is 31.7 Å². The number of hydrogen-bond acceptors (Lipinski definition) is 5. The summed E-state index contributed by atoms with van der Waals surface area (Å²) in [4.78, 5) is 23.7. The van der Waals surface area contributed by atoms with E-state index in [1.54, 1.807) is 0 Å². The smallest absolute Gasteiger partial charge is 0.221 e. The van der Waals surface area contributed by atoms with Crippen LogP contribution in [0.15, 0.2) is 24.8 Å². The summed E-state index contributed by atoms with van der Waals surface area (Å²) < 4.78 is 1.82. The molecule has 3 heterocycles. The average molecular weight is 339 g/mol. The molecule has 8 nitrogen and oxygen atoms in total. The second-order valence-corrected chi connectivity index (χ2v) is 6.48. The van der Waals surface area contributed by atoms with Gasteiger partial charge < -0.3 is 16.0 Å². The standard InChI is InChI=1S/C17H21N7O/c1-2-13(25)22-17(6-3-4-7-17)24-9-12(15(18)23-24)14-11-5-8-19-16(11)21-10-20-14/h5,8-10H,2-4,6-7H2,1H3,(H2,18,23)(H,22,25)(H,19,20,21). The highest BCUT2D eigenvalue weighted by Crippen LogP contribution is 2.37. The topological polar surface area (TPSA) is 115 Å². The Morgan fingerprint density at radius 1 is 1.40 bits per heavy atom. The van der Waals surface area contributed by atoms with Crippen LogP contribution >= 0.6 is 0 Å². The number of carbonyl (C=O) groups excluding carboxylic acids is 1. The Kier molecular flexibility index (Phi) is 3.67. The van der Waals surface area contributed by atoms with Crippen molar-refractivity contribution in [2.75, 3.05) is 5.73 Å². The number of nitrogens with zero attached hydrogens (tertiary/aromatic N) is 4. The monoisotopic (exact) mass is 339 g/mol. The van der Waals surface area contributed by atoms with Crippen LogP contribution in [0.4, 0.5) is 5.82 Å². The quantitative estimate of drug-likeness (QED) is 0.674. The summed E-state index contributed by atoms with van der Waals surface area (Å²) in [6.07, 6.45) is 9.47. The zero-order valence-corrected chi connectivity index (χ0v) is 14.1. The van der Waals surface area contributed by atoms with Crippen LogP contribution in [-0.2, 0) is 10.5 Å². The number of nitrogens with two attached hydrogens (primary N) is 1. The number of anilines is 1. The van der Waals surface area contributed by atoms with E-state index in [0.717, 1.165) is 48.0 Å². The van der Waals surface area contributed by atoms with Crippen molar-refractivity contribution in [1.82, 2.24) is 30.0 Å². The number of aromatic amines is 1. The van der Waals surface area contributed by atoms with E-state index < -0.39 is 5.66 Å². The first-order valence-corrected chi connectivity index (χ1v) is 8.58. The second-order valence-electron chi connectivity index (χ2n) is 6.48. The Labute approximate surface area is 144 Å². The van der Waals surface area contributed by atoms with Gasteiger partial charge in [-0.2, -0.15) is 5.10 Å². The minimum absolute atomic E-state index is 0.0209. The zero-order chi connectivity index (χ0) is 17.4. The summed E-state index contributed by atoms with van der Waals surface area (Å²) in [5.74, 6) is 0.422. The van der Waals surface area contributed by atoms with Crippen LogP contribution in [0.3, 0.4) is 0 Å². The van der Waals surface area contributed by atoms with Gasteiger partial charge in [0.25, 0.3) is 0 Å². The van der Waals surface area contributed by atoms with E-state index in [0.29, 0.717) is 12.2 Å². The molecule has 0 unspecified atom stereocenters. The minimum Gasteiger partial charge on any atom is -0.382 e. The van der Waals surface area contributed by atoms with E-state index in [-0.39, 0.29) is 5.91 Å². The largest absolute Gasteiger partial charge is 0.382 e. The van der Waals surface area contributed by atoms with Crippen molar-refractivity contribution in [3.63, 3.8) is 0 Å². The maximum atomic E-state index is 12.0. The van der Waals surface area contributed by atoms with Crippen molar-refractivity contribution in [1.29, 1.82) is 0 Å². The maximum Gasteiger partial charge on any atom is 0.221 e. The number of aromatic nitrogens is 5. The fourth-order valence-electron chi connectivity index (χ4n) is 3.60. The summed E-state index contributed by atoms with van der Waals surface area (Å²) in [6.45, 7) is 1.85. The Morgan fingerprint density at radius 3 is 2.96 bits per heavy atom. The molecule has 1 fully saturated rings. The van der Waals surface area contributed by atoms with Gasteiger partial charge in [0.1, 0.15) is 17.6 Å². The number of amides is 1. The molecule has 4 N–H and O–H groups in total. The third-order valence-corrected chi connectivity index (χ3v) is 4.91. The van der Waals surface area contributed by atoms with Crippen LogP contribution in [0.1, 0.15) is 39.0 Å². The summed E-state index contributed by atoms with van der Waals surface area (Å²) in [7, 11) is 0. The fraction of sp³-hybridized carbons (Fsp3) is 0.412. The van der Waals surface area contributed by atoms with Gasteiger partial charge in [-0.3, -0.25) is 4.79 Å². The SMILES string of the molecule is CCC(=O)NC1(n2cc(-c3ncnc4[nH]ccc34)c(N)n2)CCCC1. The lowest BCUT2D eigenvalue weighted by Gasteiger charge is -2.30. The van der Waals surface area contributed by atoms with Crippen molar-refractivity contribution in [3.8, 4) is 11.3 Å². The molecule has 4 rings (SSSR count). The normalized spacial score (nSPS) is 16.4. The summed E-state index contributed by atoms with van der Waals surface area (Å²) in [5.41, 5.74) is 7.96. The number of hydrogen-bond donors (Lipinski definition) is 3. The molecular formula is C17H21N7O. The van der Waals surface area contributed by atoms with Crippen molar-refractivity contribution in [3.05, 3.63) is 24.8 Å². The fourth-order valence-corrected chi connectivity index (χ4v) is 3.60. The molecular weight excluding hydrogens is 318 g/mol. The van der Waals surface area contributed by atoms with Crippen LogP contribution in [0.25, 0.3) is 22.3 Å². The van der Waals surface area contributed by atoms with Crippen LogP contribution in [0, 0.1) is 0 Å². The molecule has 1 saturated carbocycles. The first-order valence-electron chi connectivity index (χ1n) is 8.58. The van der Waals surface area contributed by atoms with Gasteiger partial charge in [0.2, 0.25) is 5.91 Å². The Morgan fingerprint density at radius 2 is 2.20 bits per heavy atom. The van der Waals surface area contributed by atoms with Crippen LogP contribution < -0.4 is 11.1 Å². The van der Waals surface area contributed by atoms with E-state index in [1.165, 1.54) is 6.33 Å². The van der Waals surface area contributed by atoms with E-state index in [4.69, 9.17) is 5.73 Å². The van der Waals surface area contributed by atoms with Gasteiger partial charge in [-0.15, -0.1) is 0 Å². The Bertz CT molecular complexity index is 920. The van der Waals surface area contributed by atoms with E-state index in [9.17, 15) is 4.79 Å². The van der Waals surface area contributed by atoms with Crippen LogP contribution in [-0.4, -0.2) is 30.6 Å². The zero-order valence-electron chi connectivity index (χ0n) is 14.1. The van der Waals surface area contributed by atoms with Gasteiger partial charge >= 0.3 is 0 Å². The summed E-state index contributed by atoms with van der Waals surface area (Å²) in [6, 6.07) is 1.92. The van der Waals surface area contributed by atoms with Crippen molar-refractivity contribution in [2.45, 2.75) is 44.7 Å². The van der Waals surface area contributed by atoms with Gasteiger partial charge in [-0.1, -0.05) is 6.92 Å². The lowest BCUT2D eigenvalue weighted by atomic mass is 10.1. The van der Waals surface area contributed by atoms with E-state index >= 15 is 0 Å². The molecule has 0 atom stereocenters. The van der Waals surface area contributed by atoms with Gasteiger partial charge in [0.15, 0.2) is 5.82 Å². The predicted octanol–water partition coefficient (Wildman–Crippen LogP) is 2.16. The molecule has 1 aliphatic carbocycles. The Balaban J connectivity index is 1.79. The molecule has 0 bridgehead atoms. The number of fused-ring (bicyclic) bond motifs is 1. The van der Waals surface area contributed by atoms with Gasteiger partial charge in [0.05, 0.1) is 11.3 Å². The average Bonchev–Trinajstić information content (AvgIpc) is 3.33. The number of carbonyl (C=O) groups is 1. The summed E-state index contributed by atoms with van der Waals surface area (Å²) >= 11 is 0. The van der Waals surface area contributed by atoms with Crippen molar-refractivity contribution < 1.29 is 4.79 Å². The minimum atomic E-state index is -0.496. The predicted molar refractivity (Wildman–Crippen MR) is 94.4 cm³/mol. The molecule has 130 valence electrons. The molecule has 0 aliphatic heterocycles. The number of nitrogen functional groups attached to an aromatic ring is 1. The van der Waals surface area contributed by atoms with Crippen LogP contribution in [0.5, 0.6) is 0 Å². The number of H-pyrrole nitrogens is 1. The first-order chi connectivity index (χ1) is 12.1.